The second-order valence-corrected chi connectivity index (χ2v) is 8.75. The molecule has 1 aliphatic rings. The second kappa shape index (κ2) is 9.30. The van der Waals surface area contributed by atoms with Crippen LogP contribution in [-0.4, -0.2) is 33.7 Å². The number of amides is 2. The third-order valence-corrected chi connectivity index (χ3v) is 6.26. The summed E-state index contributed by atoms with van der Waals surface area (Å²) in [5, 5.41) is 3.05. The summed E-state index contributed by atoms with van der Waals surface area (Å²) in [7, 11) is 0. The highest BCUT2D eigenvalue weighted by molar-refractivity contribution is 8.15. The van der Waals surface area contributed by atoms with Crippen molar-refractivity contribution in [3.05, 3.63) is 71.3 Å². The van der Waals surface area contributed by atoms with Crippen molar-refractivity contribution in [2.24, 2.45) is 4.99 Å². The van der Waals surface area contributed by atoms with E-state index in [0.29, 0.717) is 11.7 Å². The van der Waals surface area contributed by atoms with Crippen molar-refractivity contribution >= 4 is 40.1 Å². The third-order valence-electron chi connectivity index (χ3n) is 5.08. The first kappa shape index (κ1) is 21.8. The van der Waals surface area contributed by atoms with Crippen molar-refractivity contribution in [1.82, 2.24) is 4.90 Å². The number of benzene rings is 2. The molecule has 2 aromatic rings. The third kappa shape index (κ3) is 5.00. The number of anilines is 1. The standard InChI is InChI=1S/C24H27N3O2S/c1-6-11-27-23(29)21(14-22(28)26-20-12-15(2)7-8-17(20)4)30-24(27)25-19-10-9-16(3)18(5)13-19/h6-10,12-13,21H,1,11,14H2,2-5H3,(H,26,28)/t21-/m1/s1. The van der Waals surface area contributed by atoms with Crippen molar-refractivity contribution in [3.63, 3.8) is 0 Å². The van der Waals surface area contributed by atoms with Crippen LogP contribution in [0.1, 0.15) is 28.7 Å². The van der Waals surface area contributed by atoms with E-state index in [4.69, 9.17) is 0 Å². The number of rotatable bonds is 6. The van der Waals surface area contributed by atoms with Gasteiger partial charge in [-0.15, -0.1) is 6.58 Å². The number of carbonyl (C=O) groups excluding carboxylic acids is 2. The Morgan fingerprint density at radius 1 is 1.13 bits per heavy atom. The molecule has 1 N–H and O–H groups in total. The van der Waals surface area contributed by atoms with Crippen LogP contribution in [0.4, 0.5) is 11.4 Å². The maximum atomic E-state index is 12.9. The number of aliphatic imine (C=N–C) groups is 1. The molecule has 5 nitrogen and oxygen atoms in total. The van der Waals surface area contributed by atoms with E-state index >= 15 is 0 Å². The van der Waals surface area contributed by atoms with Crippen molar-refractivity contribution in [2.45, 2.75) is 39.4 Å². The molecule has 1 atom stereocenters. The van der Waals surface area contributed by atoms with Gasteiger partial charge in [-0.25, -0.2) is 4.99 Å². The molecule has 0 spiro atoms. The minimum absolute atomic E-state index is 0.0937. The summed E-state index contributed by atoms with van der Waals surface area (Å²) in [5.41, 5.74) is 5.97. The Balaban J connectivity index is 1.77. The van der Waals surface area contributed by atoms with Crippen molar-refractivity contribution in [3.8, 4) is 0 Å². The first-order chi connectivity index (χ1) is 14.3. The molecule has 1 aliphatic heterocycles. The van der Waals surface area contributed by atoms with Crippen LogP contribution in [0.25, 0.3) is 0 Å². The minimum Gasteiger partial charge on any atom is -0.326 e. The van der Waals surface area contributed by atoms with Crippen molar-refractivity contribution in [2.75, 3.05) is 11.9 Å². The molecule has 0 radical (unpaired) electrons. The van der Waals surface area contributed by atoms with Crippen LogP contribution in [-0.2, 0) is 9.59 Å². The van der Waals surface area contributed by atoms with Crippen molar-refractivity contribution < 1.29 is 9.59 Å². The number of amidine groups is 1. The Hall–Kier alpha value is -2.86. The fourth-order valence-corrected chi connectivity index (χ4v) is 4.34. The lowest BCUT2D eigenvalue weighted by atomic mass is 10.1. The van der Waals surface area contributed by atoms with Crippen LogP contribution in [0.5, 0.6) is 0 Å². The molecule has 0 saturated carbocycles. The van der Waals surface area contributed by atoms with Gasteiger partial charge in [-0.2, -0.15) is 0 Å². The van der Waals surface area contributed by atoms with Gasteiger partial charge in [0.15, 0.2) is 5.17 Å². The Morgan fingerprint density at radius 2 is 1.87 bits per heavy atom. The lowest BCUT2D eigenvalue weighted by Crippen LogP contribution is -2.33. The van der Waals surface area contributed by atoms with Gasteiger partial charge >= 0.3 is 0 Å². The molecule has 0 bridgehead atoms. The zero-order valence-corrected chi connectivity index (χ0v) is 18.7. The molecule has 30 heavy (non-hydrogen) atoms. The number of nitrogens with one attached hydrogen (secondary N) is 1. The van der Waals surface area contributed by atoms with Crippen LogP contribution >= 0.6 is 11.8 Å². The van der Waals surface area contributed by atoms with Gasteiger partial charge in [-0.1, -0.05) is 36.0 Å². The molecule has 1 saturated heterocycles. The smallest absolute Gasteiger partial charge is 0.242 e. The predicted molar refractivity (Wildman–Crippen MR) is 125 cm³/mol. The van der Waals surface area contributed by atoms with Crippen molar-refractivity contribution in [1.29, 1.82) is 0 Å². The number of hydrogen-bond acceptors (Lipinski definition) is 4. The van der Waals surface area contributed by atoms with Gasteiger partial charge < -0.3 is 5.32 Å². The van der Waals surface area contributed by atoms with Gasteiger partial charge in [0.1, 0.15) is 5.25 Å². The van der Waals surface area contributed by atoms with E-state index in [0.717, 1.165) is 28.1 Å². The van der Waals surface area contributed by atoms with E-state index in [1.165, 1.54) is 17.3 Å². The Morgan fingerprint density at radius 3 is 2.57 bits per heavy atom. The predicted octanol–water partition coefficient (Wildman–Crippen LogP) is 5.07. The monoisotopic (exact) mass is 421 g/mol. The molecule has 0 aromatic heterocycles. The average molecular weight is 422 g/mol. The molecule has 0 unspecified atom stereocenters. The van der Waals surface area contributed by atoms with E-state index in [1.807, 2.05) is 57.2 Å². The normalized spacial score (nSPS) is 17.5. The number of thioether (sulfide) groups is 1. The maximum Gasteiger partial charge on any atom is 0.242 e. The summed E-state index contributed by atoms with van der Waals surface area (Å²) in [6.07, 6.45) is 1.77. The largest absolute Gasteiger partial charge is 0.326 e. The summed E-state index contributed by atoms with van der Waals surface area (Å²) in [6, 6.07) is 11.9. The van der Waals surface area contributed by atoms with Gasteiger partial charge in [-0.05, 0) is 68.1 Å². The lowest BCUT2D eigenvalue weighted by Gasteiger charge is -2.14. The Bertz CT molecular complexity index is 1030. The van der Waals surface area contributed by atoms with Crippen LogP contribution < -0.4 is 5.32 Å². The number of carbonyl (C=O) groups is 2. The van der Waals surface area contributed by atoms with Gasteiger partial charge in [0.05, 0.1) is 5.69 Å². The molecular weight excluding hydrogens is 394 g/mol. The van der Waals surface area contributed by atoms with Crippen LogP contribution in [0.3, 0.4) is 0 Å². The SMILES string of the molecule is C=CCN1C(=O)[C@@H](CC(=O)Nc2cc(C)ccc2C)SC1=Nc1ccc(C)c(C)c1. The number of aryl methyl sites for hydroxylation is 4. The molecule has 3 rings (SSSR count). The van der Waals surface area contributed by atoms with E-state index in [9.17, 15) is 9.59 Å². The summed E-state index contributed by atoms with van der Waals surface area (Å²) in [6.45, 7) is 12.1. The van der Waals surface area contributed by atoms with E-state index in [2.05, 4.69) is 23.8 Å². The Kier molecular flexibility index (Phi) is 6.77. The molecule has 156 valence electrons. The zero-order valence-electron chi connectivity index (χ0n) is 17.9. The summed E-state index contributed by atoms with van der Waals surface area (Å²) < 4.78 is 0. The van der Waals surface area contributed by atoms with Crippen LogP contribution in [0.2, 0.25) is 0 Å². The first-order valence-corrected chi connectivity index (χ1v) is 10.8. The average Bonchev–Trinajstić information content (AvgIpc) is 2.96. The van der Waals surface area contributed by atoms with E-state index < -0.39 is 5.25 Å². The fourth-order valence-electron chi connectivity index (χ4n) is 3.17. The lowest BCUT2D eigenvalue weighted by molar-refractivity contribution is -0.127. The molecule has 6 heteroatoms. The molecule has 2 aromatic carbocycles. The highest BCUT2D eigenvalue weighted by Crippen LogP contribution is 2.32. The molecule has 1 heterocycles. The first-order valence-electron chi connectivity index (χ1n) is 9.90. The summed E-state index contributed by atoms with van der Waals surface area (Å²) >= 11 is 1.34. The fraction of sp³-hybridized carbons (Fsp3) is 0.292. The number of hydrogen-bond donors (Lipinski definition) is 1. The van der Waals surface area contributed by atoms with Gasteiger partial charge in [-0.3, -0.25) is 14.5 Å². The highest BCUT2D eigenvalue weighted by Gasteiger charge is 2.38. The topological polar surface area (TPSA) is 61.8 Å². The minimum atomic E-state index is -0.500. The van der Waals surface area contributed by atoms with Crippen LogP contribution in [0.15, 0.2) is 54.0 Å². The Labute approximate surface area is 182 Å². The summed E-state index contributed by atoms with van der Waals surface area (Å²) in [4.78, 5) is 31.8. The second-order valence-electron chi connectivity index (χ2n) is 7.58. The van der Waals surface area contributed by atoms with E-state index in [1.54, 1.807) is 11.0 Å². The van der Waals surface area contributed by atoms with Gasteiger partial charge in [0.25, 0.3) is 0 Å². The molecule has 2 amide bonds. The number of nitrogens with zero attached hydrogens (tertiary/aromatic N) is 2. The molecule has 0 aliphatic carbocycles. The molecular formula is C24H27N3O2S. The maximum absolute atomic E-state index is 12.9. The van der Waals surface area contributed by atoms with Gasteiger partial charge in [0.2, 0.25) is 11.8 Å². The highest BCUT2D eigenvalue weighted by atomic mass is 32.2. The summed E-state index contributed by atoms with van der Waals surface area (Å²) in [5.74, 6) is -0.292. The van der Waals surface area contributed by atoms with Gasteiger partial charge in [0, 0.05) is 18.7 Å². The molecule has 1 fully saturated rings. The quantitative estimate of drug-likeness (QED) is 0.663. The zero-order chi connectivity index (χ0) is 21.8. The van der Waals surface area contributed by atoms with E-state index in [-0.39, 0.29) is 18.2 Å². The van der Waals surface area contributed by atoms with Crippen LogP contribution in [0, 0.1) is 27.7 Å².